The molecule has 1 heterocycles. The van der Waals surface area contributed by atoms with Crippen LogP contribution in [0.1, 0.15) is 49.4 Å². The van der Waals surface area contributed by atoms with Crippen molar-refractivity contribution < 1.29 is 19.1 Å². The van der Waals surface area contributed by atoms with Crippen LogP contribution in [0.25, 0.3) is 0 Å². The number of benzene rings is 1. The van der Waals surface area contributed by atoms with Gasteiger partial charge in [0.15, 0.2) is 12.4 Å². The number of ketones is 1. The molecule has 1 fully saturated rings. The number of nitrogens with one attached hydrogen (secondary N) is 1. The van der Waals surface area contributed by atoms with Gasteiger partial charge in [-0.15, -0.1) is 0 Å². The van der Waals surface area contributed by atoms with Crippen LogP contribution in [0.15, 0.2) is 24.3 Å². The number of unbranched alkanes of at least 4 members (excludes halogenated alkanes) is 1. The molecule has 1 aliphatic rings. The normalized spacial score (nSPS) is 16.4. The first-order valence-corrected chi connectivity index (χ1v) is 10.8. The van der Waals surface area contributed by atoms with Gasteiger partial charge in [0, 0.05) is 28.7 Å². The highest BCUT2D eigenvalue weighted by molar-refractivity contribution is 8.77. The Morgan fingerprint density at radius 1 is 1.28 bits per heavy atom. The lowest BCUT2D eigenvalue weighted by Gasteiger charge is -2.08. The maximum absolute atomic E-state index is 11.8. The van der Waals surface area contributed by atoms with E-state index in [4.69, 9.17) is 4.74 Å². The Hall–Kier alpha value is -1.47. The van der Waals surface area contributed by atoms with Crippen molar-refractivity contribution in [3.8, 4) is 0 Å². The highest BCUT2D eigenvalue weighted by Gasteiger charge is 2.16. The van der Waals surface area contributed by atoms with Crippen molar-refractivity contribution in [2.45, 2.75) is 44.3 Å². The molecule has 1 atom stereocenters. The Kier molecular flexibility index (Phi) is 8.34. The molecule has 25 heavy (non-hydrogen) atoms. The molecule has 0 radical (unpaired) electrons. The highest BCUT2D eigenvalue weighted by atomic mass is 33.1. The number of carbonyl (C=O) groups is 3. The number of ether oxygens (including phenoxy) is 1. The van der Waals surface area contributed by atoms with E-state index in [-0.39, 0.29) is 18.4 Å². The molecule has 1 saturated heterocycles. The van der Waals surface area contributed by atoms with Crippen molar-refractivity contribution >= 4 is 44.9 Å². The third kappa shape index (κ3) is 7.52. The summed E-state index contributed by atoms with van der Waals surface area (Å²) in [5, 5.41) is 3.34. The van der Waals surface area contributed by atoms with E-state index in [0.717, 1.165) is 24.5 Å². The van der Waals surface area contributed by atoms with Gasteiger partial charge in [-0.05, 0) is 38.3 Å². The fourth-order valence-corrected chi connectivity index (χ4v) is 5.46. The second-order valence-electron chi connectivity index (χ2n) is 5.92. The zero-order chi connectivity index (χ0) is 18.1. The molecule has 0 saturated carbocycles. The van der Waals surface area contributed by atoms with Crippen LogP contribution in [0.2, 0.25) is 0 Å². The maximum atomic E-state index is 11.8. The van der Waals surface area contributed by atoms with Crippen molar-refractivity contribution in [1.82, 2.24) is 0 Å². The lowest BCUT2D eigenvalue weighted by Crippen LogP contribution is -2.21. The number of esters is 1. The Morgan fingerprint density at radius 2 is 2.12 bits per heavy atom. The topological polar surface area (TPSA) is 72.5 Å². The van der Waals surface area contributed by atoms with Crippen LogP contribution < -0.4 is 5.32 Å². The molecule has 0 bridgehead atoms. The van der Waals surface area contributed by atoms with Crippen molar-refractivity contribution in [2.24, 2.45) is 0 Å². The highest BCUT2D eigenvalue weighted by Crippen LogP contribution is 2.39. The standard InChI is InChI=1S/C18H23NO4S2/c1-13(20)14-5-4-6-15(11-14)19-17(21)12-23-18(22)8-3-2-7-16-9-10-24-25-16/h4-6,11,16H,2-3,7-10,12H2,1H3,(H,19,21)/t16-/m1/s1. The quantitative estimate of drug-likeness (QED) is 0.301. The van der Waals surface area contributed by atoms with Crippen LogP contribution in [-0.4, -0.2) is 35.3 Å². The van der Waals surface area contributed by atoms with Gasteiger partial charge in [-0.25, -0.2) is 0 Å². The fourth-order valence-electron chi connectivity index (χ4n) is 2.44. The Labute approximate surface area is 156 Å². The first kappa shape index (κ1) is 19.8. The van der Waals surface area contributed by atoms with Crippen molar-refractivity contribution in [3.05, 3.63) is 29.8 Å². The minimum Gasteiger partial charge on any atom is -0.456 e. The number of anilines is 1. The smallest absolute Gasteiger partial charge is 0.306 e. The molecule has 136 valence electrons. The summed E-state index contributed by atoms with van der Waals surface area (Å²) in [5.41, 5.74) is 1.04. The van der Waals surface area contributed by atoms with E-state index in [9.17, 15) is 14.4 Å². The van der Waals surface area contributed by atoms with Gasteiger partial charge in [0.05, 0.1) is 0 Å². The van der Waals surface area contributed by atoms with Crippen LogP contribution in [0.5, 0.6) is 0 Å². The zero-order valence-corrected chi connectivity index (χ0v) is 15.9. The Bertz CT molecular complexity index is 615. The fraction of sp³-hybridized carbons (Fsp3) is 0.500. The molecule has 0 unspecified atom stereocenters. The Balaban J connectivity index is 1.61. The molecule has 0 spiro atoms. The van der Waals surface area contributed by atoms with E-state index in [0.29, 0.717) is 17.7 Å². The molecule has 1 aliphatic heterocycles. The summed E-state index contributed by atoms with van der Waals surface area (Å²) in [4.78, 5) is 34.8. The summed E-state index contributed by atoms with van der Waals surface area (Å²) >= 11 is 0. The van der Waals surface area contributed by atoms with Gasteiger partial charge in [-0.3, -0.25) is 14.4 Å². The van der Waals surface area contributed by atoms with E-state index in [2.05, 4.69) is 5.32 Å². The number of carbonyl (C=O) groups excluding carboxylic acids is 3. The second kappa shape index (κ2) is 10.5. The third-order valence-electron chi connectivity index (χ3n) is 3.80. The Morgan fingerprint density at radius 3 is 2.84 bits per heavy atom. The number of Topliss-reactive ketones (excluding diaryl/α,β-unsaturated/α-hetero) is 1. The summed E-state index contributed by atoms with van der Waals surface area (Å²) in [6, 6.07) is 6.66. The maximum Gasteiger partial charge on any atom is 0.306 e. The molecule has 2 rings (SSSR count). The first-order chi connectivity index (χ1) is 12.0. The SMILES string of the molecule is CC(=O)c1cccc(NC(=O)COC(=O)CCCC[C@@H]2CCSS2)c1. The number of amides is 1. The molecular weight excluding hydrogens is 358 g/mol. The average Bonchev–Trinajstić information content (AvgIpc) is 3.10. The molecule has 1 N–H and O–H groups in total. The van der Waals surface area contributed by atoms with Gasteiger partial charge in [0.25, 0.3) is 5.91 Å². The summed E-state index contributed by atoms with van der Waals surface area (Å²) < 4.78 is 5.00. The summed E-state index contributed by atoms with van der Waals surface area (Å²) in [6.45, 7) is 1.16. The van der Waals surface area contributed by atoms with Crippen LogP contribution in [0.4, 0.5) is 5.69 Å². The third-order valence-corrected chi connectivity index (χ3v) is 6.81. The average molecular weight is 382 g/mol. The molecule has 5 nitrogen and oxygen atoms in total. The zero-order valence-electron chi connectivity index (χ0n) is 14.3. The second-order valence-corrected chi connectivity index (χ2v) is 8.71. The van der Waals surface area contributed by atoms with E-state index < -0.39 is 5.91 Å². The minimum absolute atomic E-state index is 0.0721. The molecule has 1 amide bonds. The minimum atomic E-state index is -0.409. The van der Waals surface area contributed by atoms with Gasteiger partial charge in [0.2, 0.25) is 0 Å². The van der Waals surface area contributed by atoms with Gasteiger partial charge < -0.3 is 10.1 Å². The molecule has 1 aromatic carbocycles. The monoisotopic (exact) mass is 381 g/mol. The van der Waals surface area contributed by atoms with Gasteiger partial charge in [-0.1, -0.05) is 40.1 Å². The molecule has 7 heteroatoms. The van der Waals surface area contributed by atoms with Gasteiger partial charge in [-0.2, -0.15) is 0 Å². The van der Waals surface area contributed by atoms with Crippen LogP contribution in [-0.2, 0) is 14.3 Å². The van der Waals surface area contributed by atoms with E-state index in [1.165, 1.54) is 19.1 Å². The molecule has 0 aromatic heterocycles. The van der Waals surface area contributed by atoms with Crippen LogP contribution >= 0.6 is 21.6 Å². The van der Waals surface area contributed by atoms with E-state index in [1.807, 2.05) is 21.6 Å². The summed E-state index contributed by atoms with van der Waals surface area (Å²) in [7, 11) is 3.87. The summed E-state index contributed by atoms with van der Waals surface area (Å²) in [5.74, 6) is 0.397. The lowest BCUT2D eigenvalue weighted by molar-refractivity contribution is -0.147. The lowest BCUT2D eigenvalue weighted by atomic mass is 10.1. The van der Waals surface area contributed by atoms with Crippen molar-refractivity contribution in [3.63, 3.8) is 0 Å². The number of rotatable bonds is 9. The number of hydrogen-bond acceptors (Lipinski definition) is 6. The van der Waals surface area contributed by atoms with Crippen molar-refractivity contribution in [1.29, 1.82) is 0 Å². The largest absolute Gasteiger partial charge is 0.456 e. The molecular formula is C18H23NO4S2. The number of hydrogen-bond donors (Lipinski definition) is 1. The van der Waals surface area contributed by atoms with Gasteiger partial charge in [0.1, 0.15) is 0 Å². The molecule has 0 aliphatic carbocycles. The summed E-state index contributed by atoms with van der Waals surface area (Å²) in [6.07, 6.45) is 4.54. The molecule has 1 aromatic rings. The first-order valence-electron chi connectivity index (χ1n) is 8.39. The van der Waals surface area contributed by atoms with Crippen molar-refractivity contribution in [2.75, 3.05) is 17.7 Å². The van der Waals surface area contributed by atoms with Gasteiger partial charge >= 0.3 is 5.97 Å². The van der Waals surface area contributed by atoms with E-state index in [1.54, 1.807) is 24.3 Å². The predicted molar refractivity (Wildman–Crippen MR) is 103 cm³/mol. The van der Waals surface area contributed by atoms with Crippen LogP contribution in [0.3, 0.4) is 0 Å². The van der Waals surface area contributed by atoms with E-state index >= 15 is 0 Å². The predicted octanol–water partition coefficient (Wildman–Crippen LogP) is 4.09. The van der Waals surface area contributed by atoms with Crippen LogP contribution in [0, 0.1) is 0 Å².